The van der Waals surface area contributed by atoms with Crippen LogP contribution in [0.1, 0.15) is 96.3 Å². The van der Waals surface area contributed by atoms with Crippen molar-refractivity contribution in [1.82, 2.24) is 0 Å². The predicted octanol–water partition coefficient (Wildman–Crippen LogP) is 8.00. The molecule has 228 valence electrons. The molecule has 0 spiro atoms. The number of benzene rings is 2. The standard InChI is InChI=1S/C34H50O7/c1-6-11-16-36-26-22-29(37-17-12-7-2)27-24-28(35)33(41-30(27)23-26)25-20-31(38-18-13-8-3)34(40-15-10-5)32(21-25)39-19-14-9-4/h10,20-23,28,33,35H,5-9,11-19,24H2,1-4H3/t28-,33+/m1/s1. The number of aliphatic hydroxyl groups is 1. The molecule has 41 heavy (non-hydrogen) atoms. The summed E-state index contributed by atoms with van der Waals surface area (Å²) >= 11 is 0. The van der Waals surface area contributed by atoms with Crippen molar-refractivity contribution in [3.05, 3.63) is 48.0 Å². The second-order valence-electron chi connectivity index (χ2n) is 10.5. The van der Waals surface area contributed by atoms with Crippen molar-refractivity contribution in [2.75, 3.05) is 33.0 Å². The van der Waals surface area contributed by atoms with Gasteiger partial charge < -0.3 is 33.5 Å². The fourth-order valence-electron chi connectivity index (χ4n) is 4.51. The average molecular weight is 571 g/mol. The van der Waals surface area contributed by atoms with Crippen molar-refractivity contribution in [3.8, 4) is 34.5 Å². The molecule has 0 saturated carbocycles. The third-order valence-electron chi connectivity index (χ3n) is 6.91. The molecule has 2 atom stereocenters. The number of ether oxygens (including phenoxy) is 6. The minimum absolute atomic E-state index is 0.325. The summed E-state index contributed by atoms with van der Waals surface area (Å²) in [6.45, 7) is 15.0. The Hall–Kier alpha value is -3.06. The summed E-state index contributed by atoms with van der Waals surface area (Å²) < 4.78 is 37.1. The zero-order chi connectivity index (χ0) is 29.5. The molecule has 3 rings (SSSR count). The topological polar surface area (TPSA) is 75.6 Å². The Balaban J connectivity index is 2.00. The van der Waals surface area contributed by atoms with Gasteiger partial charge in [-0.1, -0.05) is 66.0 Å². The van der Waals surface area contributed by atoms with Gasteiger partial charge >= 0.3 is 0 Å². The van der Waals surface area contributed by atoms with Gasteiger partial charge in [-0.05, 0) is 37.8 Å². The lowest BCUT2D eigenvalue weighted by atomic mass is 9.93. The molecule has 2 aromatic carbocycles. The summed E-state index contributed by atoms with van der Waals surface area (Å²) in [5.74, 6) is 3.77. The van der Waals surface area contributed by atoms with Crippen LogP contribution in [0.4, 0.5) is 0 Å². The van der Waals surface area contributed by atoms with E-state index in [9.17, 15) is 5.11 Å². The van der Waals surface area contributed by atoms with Gasteiger partial charge in [-0.25, -0.2) is 0 Å². The van der Waals surface area contributed by atoms with E-state index >= 15 is 0 Å². The van der Waals surface area contributed by atoms with Gasteiger partial charge in [-0.15, -0.1) is 0 Å². The van der Waals surface area contributed by atoms with Gasteiger partial charge in [0.2, 0.25) is 5.75 Å². The number of unbranched alkanes of at least 4 members (excludes halogenated alkanes) is 4. The van der Waals surface area contributed by atoms with Crippen LogP contribution in [0.2, 0.25) is 0 Å². The third-order valence-corrected chi connectivity index (χ3v) is 6.91. The lowest BCUT2D eigenvalue weighted by Gasteiger charge is -2.33. The second-order valence-corrected chi connectivity index (χ2v) is 10.5. The highest BCUT2D eigenvalue weighted by molar-refractivity contribution is 5.56. The summed E-state index contributed by atoms with van der Waals surface area (Å²) in [6.07, 6.45) is 8.50. The van der Waals surface area contributed by atoms with Crippen LogP contribution in [0.3, 0.4) is 0 Å². The second kappa shape index (κ2) is 17.7. The first kappa shape index (κ1) is 32.5. The summed E-state index contributed by atoms with van der Waals surface area (Å²) in [7, 11) is 0. The van der Waals surface area contributed by atoms with Crippen LogP contribution in [0, 0.1) is 0 Å². The Bertz CT molecular complexity index is 1040. The minimum Gasteiger partial charge on any atom is -0.493 e. The Morgan fingerprint density at radius 3 is 1.83 bits per heavy atom. The van der Waals surface area contributed by atoms with Crippen molar-refractivity contribution in [3.63, 3.8) is 0 Å². The molecule has 1 heterocycles. The zero-order valence-electron chi connectivity index (χ0n) is 25.5. The average Bonchev–Trinajstić information content (AvgIpc) is 2.97. The van der Waals surface area contributed by atoms with E-state index < -0.39 is 12.2 Å². The Morgan fingerprint density at radius 2 is 1.29 bits per heavy atom. The lowest BCUT2D eigenvalue weighted by Crippen LogP contribution is -2.31. The summed E-state index contributed by atoms with van der Waals surface area (Å²) in [5, 5.41) is 11.4. The lowest BCUT2D eigenvalue weighted by molar-refractivity contribution is 0.0192. The van der Waals surface area contributed by atoms with Crippen molar-refractivity contribution < 1.29 is 33.5 Å². The van der Waals surface area contributed by atoms with E-state index in [-0.39, 0.29) is 0 Å². The van der Waals surface area contributed by atoms with Crippen LogP contribution >= 0.6 is 0 Å². The molecule has 0 bridgehead atoms. The van der Waals surface area contributed by atoms with Gasteiger partial charge in [-0.3, -0.25) is 0 Å². The van der Waals surface area contributed by atoms with E-state index in [1.54, 1.807) is 6.08 Å². The van der Waals surface area contributed by atoms with Crippen LogP contribution in [-0.2, 0) is 6.42 Å². The molecule has 0 amide bonds. The maximum Gasteiger partial charge on any atom is 0.203 e. The van der Waals surface area contributed by atoms with E-state index in [1.807, 2.05) is 24.3 Å². The number of rotatable bonds is 20. The van der Waals surface area contributed by atoms with Crippen LogP contribution < -0.4 is 28.4 Å². The Labute approximate surface area is 246 Å². The Kier molecular flexibility index (Phi) is 14.0. The molecule has 0 aliphatic carbocycles. The van der Waals surface area contributed by atoms with E-state index in [4.69, 9.17) is 28.4 Å². The predicted molar refractivity (Wildman–Crippen MR) is 163 cm³/mol. The maximum atomic E-state index is 11.4. The van der Waals surface area contributed by atoms with Gasteiger partial charge in [0.15, 0.2) is 17.6 Å². The first-order chi connectivity index (χ1) is 20.1. The van der Waals surface area contributed by atoms with Gasteiger partial charge in [0, 0.05) is 29.7 Å². The first-order valence-corrected chi connectivity index (χ1v) is 15.5. The van der Waals surface area contributed by atoms with Gasteiger partial charge in [0.05, 0.1) is 32.5 Å². The van der Waals surface area contributed by atoms with Crippen molar-refractivity contribution >= 4 is 0 Å². The minimum atomic E-state index is -0.796. The molecule has 7 nitrogen and oxygen atoms in total. The van der Waals surface area contributed by atoms with Gasteiger partial charge in [0.1, 0.15) is 23.9 Å². The smallest absolute Gasteiger partial charge is 0.203 e. The molecule has 7 heteroatoms. The summed E-state index contributed by atoms with van der Waals surface area (Å²) in [6, 6.07) is 7.64. The van der Waals surface area contributed by atoms with Gasteiger partial charge in [-0.2, -0.15) is 0 Å². The number of hydrogen-bond donors (Lipinski definition) is 1. The fourth-order valence-corrected chi connectivity index (χ4v) is 4.51. The highest BCUT2D eigenvalue weighted by Crippen LogP contribution is 2.46. The van der Waals surface area contributed by atoms with Crippen LogP contribution in [-0.4, -0.2) is 44.2 Å². The van der Waals surface area contributed by atoms with E-state index in [2.05, 4.69) is 34.3 Å². The van der Waals surface area contributed by atoms with Crippen molar-refractivity contribution in [2.45, 2.75) is 97.7 Å². The molecule has 1 aliphatic heterocycles. The van der Waals surface area contributed by atoms with E-state index in [1.165, 1.54) is 0 Å². The number of fused-ring (bicyclic) bond motifs is 1. The monoisotopic (exact) mass is 570 g/mol. The molecule has 0 saturated heterocycles. The summed E-state index contributed by atoms with van der Waals surface area (Å²) in [4.78, 5) is 0. The van der Waals surface area contributed by atoms with Crippen LogP contribution in [0.15, 0.2) is 36.9 Å². The SMILES string of the molecule is C=CCOc1c(OCCCC)cc([C@@H]2Oc3cc(OCCCC)cc(OCCCC)c3C[C@H]2O)cc1OCCCC. The fraction of sp³-hybridized carbons (Fsp3) is 0.588. The molecule has 2 aromatic rings. The number of hydrogen-bond acceptors (Lipinski definition) is 7. The molecule has 0 fully saturated rings. The highest BCUT2D eigenvalue weighted by Gasteiger charge is 2.34. The van der Waals surface area contributed by atoms with E-state index in [0.717, 1.165) is 62.5 Å². The molecular weight excluding hydrogens is 520 g/mol. The third kappa shape index (κ3) is 9.49. The molecule has 0 aromatic heterocycles. The number of aliphatic hydroxyl groups excluding tert-OH is 1. The molecule has 1 N–H and O–H groups in total. The van der Waals surface area contributed by atoms with Crippen LogP contribution in [0.5, 0.6) is 34.5 Å². The maximum absolute atomic E-state index is 11.4. The Morgan fingerprint density at radius 1 is 0.756 bits per heavy atom. The summed E-state index contributed by atoms with van der Waals surface area (Å²) in [5.41, 5.74) is 1.62. The zero-order valence-corrected chi connectivity index (χ0v) is 25.5. The molecule has 1 aliphatic rings. The van der Waals surface area contributed by atoms with Gasteiger partial charge in [0.25, 0.3) is 0 Å². The van der Waals surface area contributed by atoms with E-state index in [0.29, 0.717) is 74.0 Å². The quantitative estimate of drug-likeness (QED) is 0.128. The molecular formula is C34H50O7. The normalized spacial score (nSPS) is 15.9. The highest BCUT2D eigenvalue weighted by atomic mass is 16.5. The molecule has 0 radical (unpaired) electrons. The van der Waals surface area contributed by atoms with Crippen LogP contribution in [0.25, 0.3) is 0 Å². The van der Waals surface area contributed by atoms with Crippen molar-refractivity contribution in [2.24, 2.45) is 0 Å². The largest absolute Gasteiger partial charge is 0.493 e. The molecule has 0 unspecified atom stereocenters. The van der Waals surface area contributed by atoms with Crippen molar-refractivity contribution in [1.29, 1.82) is 0 Å². The first-order valence-electron chi connectivity index (χ1n) is 15.5.